The molecule has 0 heterocycles. The number of ether oxygens (including phenoxy) is 2. The second-order valence-electron chi connectivity index (χ2n) is 4.13. The lowest BCUT2D eigenvalue weighted by atomic mass is 10.2. The molecule has 0 aromatic heterocycles. The number of methoxy groups -OCH3 is 1. The van der Waals surface area contributed by atoms with Gasteiger partial charge in [-0.3, -0.25) is 0 Å². The van der Waals surface area contributed by atoms with E-state index in [0.717, 1.165) is 5.56 Å². The third kappa shape index (κ3) is 3.22. The van der Waals surface area contributed by atoms with Crippen LogP contribution in [0.3, 0.4) is 0 Å². The third-order valence-corrected chi connectivity index (χ3v) is 3.11. The first kappa shape index (κ1) is 14.2. The zero-order valence-corrected chi connectivity index (χ0v) is 11.7. The van der Waals surface area contributed by atoms with Gasteiger partial charge in [-0.1, -0.05) is 29.8 Å². The van der Waals surface area contributed by atoms with Crippen molar-refractivity contribution in [1.82, 2.24) is 0 Å². The van der Waals surface area contributed by atoms with Gasteiger partial charge in [-0.25, -0.2) is 4.79 Å². The molecule has 0 aliphatic carbocycles. The van der Waals surface area contributed by atoms with E-state index in [-0.39, 0.29) is 17.9 Å². The van der Waals surface area contributed by atoms with Crippen LogP contribution in [0.25, 0.3) is 0 Å². The van der Waals surface area contributed by atoms with E-state index in [1.165, 1.54) is 0 Å². The second kappa shape index (κ2) is 6.30. The lowest BCUT2D eigenvalue weighted by molar-refractivity contribution is 0.0473. The minimum Gasteiger partial charge on any atom is -0.497 e. The summed E-state index contributed by atoms with van der Waals surface area (Å²) >= 11 is 5.87. The van der Waals surface area contributed by atoms with Crippen molar-refractivity contribution in [1.29, 1.82) is 0 Å². The maximum atomic E-state index is 12.0. The molecule has 0 atom stereocenters. The fourth-order valence-electron chi connectivity index (χ4n) is 1.70. The van der Waals surface area contributed by atoms with Crippen molar-refractivity contribution >= 4 is 23.3 Å². The molecule has 2 N–H and O–H groups in total. The summed E-state index contributed by atoms with van der Waals surface area (Å²) in [6, 6.07) is 12.1. The van der Waals surface area contributed by atoms with Gasteiger partial charge in [0.25, 0.3) is 0 Å². The van der Waals surface area contributed by atoms with E-state index in [4.69, 9.17) is 26.8 Å². The molecular weight excluding hydrogens is 278 g/mol. The van der Waals surface area contributed by atoms with E-state index in [9.17, 15) is 4.79 Å². The number of anilines is 1. The molecule has 2 rings (SSSR count). The molecule has 104 valence electrons. The molecule has 0 bridgehead atoms. The van der Waals surface area contributed by atoms with Crippen molar-refractivity contribution < 1.29 is 14.3 Å². The lowest BCUT2D eigenvalue weighted by Gasteiger charge is -2.08. The number of halogens is 1. The lowest BCUT2D eigenvalue weighted by Crippen LogP contribution is -2.08. The number of carbonyl (C=O) groups excluding carboxylic acids is 1. The Morgan fingerprint density at radius 1 is 1.25 bits per heavy atom. The quantitative estimate of drug-likeness (QED) is 0.693. The largest absolute Gasteiger partial charge is 0.497 e. The Morgan fingerprint density at radius 3 is 2.75 bits per heavy atom. The number of nitrogens with two attached hydrogens (primary N) is 1. The fraction of sp³-hybridized carbons (Fsp3) is 0.133. The third-order valence-electron chi connectivity index (χ3n) is 2.78. The number of benzene rings is 2. The first-order chi connectivity index (χ1) is 9.61. The van der Waals surface area contributed by atoms with E-state index in [1.807, 2.05) is 18.2 Å². The second-order valence-corrected chi connectivity index (χ2v) is 4.54. The Morgan fingerprint density at radius 2 is 2.00 bits per heavy atom. The van der Waals surface area contributed by atoms with Crippen LogP contribution in [0, 0.1) is 0 Å². The number of rotatable bonds is 4. The van der Waals surface area contributed by atoms with Crippen molar-refractivity contribution in [3.05, 3.63) is 58.6 Å². The summed E-state index contributed by atoms with van der Waals surface area (Å²) in [5, 5.41) is 0.334. The zero-order chi connectivity index (χ0) is 14.5. The van der Waals surface area contributed by atoms with Crippen molar-refractivity contribution in [2.75, 3.05) is 12.8 Å². The molecular formula is C15H14ClNO3. The predicted molar refractivity (Wildman–Crippen MR) is 78.0 cm³/mol. The number of carbonyl (C=O) groups is 1. The standard InChI is InChI=1S/C15H14ClNO3/c1-19-11-5-2-4-10(8-11)9-20-15(18)12-6-3-7-13(16)14(12)17/h2-8H,9,17H2,1H3. The highest BCUT2D eigenvalue weighted by Gasteiger charge is 2.13. The van der Waals surface area contributed by atoms with Gasteiger partial charge < -0.3 is 15.2 Å². The molecule has 0 unspecified atom stereocenters. The number of nitrogen functional groups attached to an aromatic ring is 1. The van der Waals surface area contributed by atoms with Gasteiger partial charge in [-0.15, -0.1) is 0 Å². The van der Waals surface area contributed by atoms with Crippen molar-refractivity contribution in [2.24, 2.45) is 0 Å². The minimum atomic E-state index is -0.507. The average Bonchev–Trinajstić information content (AvgIpc) is 2.48. The van der Waals surface area contributed by atoms with Crippen LogP contribution >= 0.6 is 11.6 Å². The Labute approximate surface area is 122 Å². The number of para-hydroxylation sites is 1. The van der Waals surface area contributed by atoms with Gasteiger partial charge in [-0.05, 0) is 29.8 Å². The van der Waals surface area contributed by atoms with Crippen LogP contribution in [-0.4, -0.2) is 13.1 Å². The molecule has 0 radical (unpaired) electrons. The van der Waals surface area contributed by atoms with Crippen LogP contribution in [0.5, 0.6) is 5.75 Å². The van der Waals surface area contributed by atoms with E-state index in [1.54, 1.807) is 31.4 Å². The summed E-state index contributed by atoms with van der Waals surface area (Å²) in [5.74, 6) is 0.202. The summed E-state index contributed by atoms with van der Waals surface area (Å²) in [4.78, 5) is 12.0. The monoisotopic (exact) mass is 291 g/mol. The van der Waals surface area contributed by atoms with Crippen LogP contribution in [-0.2, 0) is 11.3 Å². The topological polar surface area (TPSA) is 61.5 Å². The number of hydrogen-bond donors (Lipinski definition) is 1. The molecule has 0 saturated carbocycles. The number of hydrogen-bond acceptors (Lipinski definition) is 4. The summed E-state index contributed by atoms with van der Waals surface area (Å²) in [6.07, 6.45) is 0. The molecule has 0 aliphatic rings. The van der Waals surface area contributed by atoms with Crippen molar-refractivity contribution in [3.8, 4) is 5.75 Å². The molecule has 0 aliphatic heterocycles. The molecule has 5 heteroatoms. The Kier molecular flexibility index (Phi) is 4.48. The molecule has 2 aromatic carbocycles. The van der Waals surface area contributed by atoms with Crippen molar-refractivity contribution in [3.63, 3.8) is 0 Å². The van der Waals surface area contributed by atoms with Crippen LogP contribution < -0.4 is 10.5 Å². The van der Waals surface area contributed by atoms with Crippen LogP contribution in [0.1, 0.15) is 15.9 Å². The minimum absolute atomic E-state index is 0.141. The molecule has 2 aromatic rings. The summed E-state index contributed by atoms with van der Waals surface area (Å²) in [6.45, 7) is 0.141. The van der Waals surface area contributed by atoms with Gasteiger partial charge in [-0.2, -0.15) is 0 Å². The summed E-state index contributed by atoms with van der Waals surface area (Å²) in [7, 11) is 1.58. The zero-order valence-electron chi connectivity index (χ0n) is 10.9. The normalized spacial score (nSPS) is 10.1. The Bertz CT molecular complexity index is 628. The highest BCUT2D eigenvalue weighted by molar-refractivity contribution is 6.33. The van der Waals surface area contributed by atoms with Gasteiger partial charge >= 0.3 is 5.97 Å². The van der Waals surface area contributed by atoms with Gasteiger partial charge in [0.05, 0.1) is 23.4 Å². The van der Waals surface area contributed by atoms with Crippen LogP contribution in [0.15, 0.2) is 42.5 Å². The SMILES string of the molecule is COc1cccc(COC(=O)c2cccc(Cl)c2N)c1. The molecule has 0 amide bonds. The van der Waals surface area contributed by atoms with Gasteiger partial charge in [0.15, 0.2) is 0 Å². The fourth-order valence-corrected chi connectivity index (χ4v) is 1.88. The molecule has 0 saturated heterocycles. The average molecular weight is 292 g/mol. The smallest absolute Gasteiger partial charge is 0.340 e. The maximum absolute atomic E-state index is 12.0. The highest BCUT2D eigenvalue weighted by Crippen LogP contribution is 2.23. The number of esters is 1. The van der Waals surface area contributed by atoms with Crippen LogP contribution in [0.4, 0.5) is 5.69 Å². The highest BCUT2D eigenvalue weighted by atomic mass is 35.5. The summed E-state index contributed by atoms with van der Waals surface area (Å²) in [5.41, 5.74) is 7.07. The van der Waals surface area contributed by atoms with Gasteiger partial charge in [0.1, 0.15) is 12.4 Å². The van der Waals surface area contributed by atoms with Crippen LogP contribution in [0.2, 0.25) is 5.02 Å². The van der Waals surface area contributed by atoms with Gasteiger partial charge in [0, 0.05) is 0 Å². The predicted octanol–water partition coefficient (Wildman–Crippen LogP) is 3.29. The molecule has 4 nitrogen and oxygen atoms in total. The first-order valence-corrected chi connectivity index (χ1v) is 6.33. The van der Waals surface area contributed by atoms with E-state index >= 15 is 0 Å². The van der Waals surface area contributed by atoms with Gasteiger partial charge in [0.2, 0.25) is 0 Å². The Balaban J connectivity index is 2.06. The Hall–Kier alpha value is -2.20. The maximum Gasteiger partial charge on any atom is 0.340 e. The first-order valence-electron chi connectivity index (χ1n) is 5.96. The molecule has 0 spiro atoms. The van der Waals surface area contributed by atoms with E-state index < -0.39 is 5.97 Å². The van der Waals surface area contributed by atoms with E-state index in [0.29, 0.717) is 10.8 Å². The summed E-state index contributed by atoms with van der Waals surface area (Å²) < 4.78 is 10.3. The molecule has 20 heavy (non-hydrogen) atoms. The molecule has 0 fully saturated rings. The van der Waals surface area contributed by atoms with E-state index in [2.05, 4.69) is 0 Å². The van der Waals surface area contributed by atoms with Crippen molar-refractivity contribution in [2.45, 2.75) is 6.61 Å².